The Morgan fingerprint density at radius 2 is 2.11 bits per heavy atom. The van der Waals surface area contributed by atoms with Crippen LogP contribution in [0.15, 0.2) is 41.9 Å². The van der Waals surface area contributed by atoms with Gasteiger partial charge >= 0.3 is 0 Å². The van der Waals surface area contributed by atoms with Crippen LogP contribution >= 0.6 is 11.3 Å². The number of hydrogen-bond acceptors (Lipinski definition) is 7. The molecule has 0 spiro atoms. The highest BCUT2D eigenvalue weighted by Gasteiger charge is 2.31. The van der Waals surface area contributed by atoms with Gasteiger partial charge in [0.1, 0.15) is 5.69 Å². The number of amides is 2. The number of nitrogens with two attached hydrogens (primary N) is 1. The Labute approximate surface area is 224 Å². The Bertz CT molecular complexity index is 1450. The third-order valence-corrected chi connectivity index (χ3v) is 7.15. The maximum atomic E-state index is 15.6. The fourth-order valence-electron chi connectivity index (χ4n) is 4.16. The zero-order valence-corrected chi connectivity index (χ0v) is 22.4. The van der Waals surface area contributed by atoms with Crippen LogP contribution in [0.3, 0.4) is 0 Å². The summed E-state index contributed by atoms with van der Waals surface area (Å²) in [7, 11) is 1.67. The molecule has 9 nitrogen and oxygen atoms in total. The number of carbonyl (C=O) groups excluding carboxylic acids is 2. The molecule has 1 aliphatic rings. The minimum absolute atomic E-state index is 0.132. The van der Waals surface area contributed by atoms with Crippen molar-refractivity contribution in [3.05, 3.63) is 59.7 Å². The van der Waals surface area contributed by atoms with Gasteiger partial charge in [0.05, 0.1) is 28.0 Å². The molecule has 2 aromatic heterocycles. The van der Waals surface area contributed by atoms with Crippen LogP contribution in [0.25, 0.3) is 21.8 Å². The highest BCUT2D eigenvalue weighted by atomic mass is 32.1. The van der Waals surface area contributed by atoms with Gasteiger partial charge in [-0.2, -0.15) is 5.10 Å². The summed E-state index contributed by atoms with van der Waals surface area (Å²) in [6.07, 6.45) is 7.22. The lowest BCUT2D eigenvalue weighted by Crippen LogP contribution is -2.34. The fourth-order valence-corrected chi connectivity index (χ4v) is 5.25. The summed E-state index contributed by atoms with van der Waals surface area (Å²) in [5.41, 5.74) is 10.1. The molecule has 0 saturated heterocycles. The van der Waals surface area contributed by atoms with E-state index in [1.807, 2.05) is 0 Å². The number of hydrogen-bond donors (Lipinski definition) is 3. The first-order valence-electron chi connectivity index (χ1n) is 12.3. The molecule has 1 atom stereocenters. The van der Waals surface area contributed by atoms with Crippen LogP contribution < -0.4 is 16.4 Å². The van der Waals surface area contributed by atoms with Gasteiger partial charge in [0.15, 0.2) is 10.9 Å². The molecule has 11 heteroatoms. The van der Waals surface area contributed by atoms with Gasteiger partial charge in [-0.15, -0.1) is 0 Å². The summed E-state index contributed by atoms with van der Waals surface area (Å²) in [6, 6.07) is 3.75. The second-order valence-electron chi connectivity index (χ2n) is 8.70. The van der Waals surface area contributed by atoms with Crippen LogP contribution in [-0.4, -0.2) is 45.9 Å². The first-order chi connectivity index (χ1) is 18.3. The van der Waals surface area contributed by atoms with E-state index in [2.05, 4.69) is 27.2 Å². The monoisotopic (exact) mass is 535 g/mol. The van der Waals surface area contributed by atoms with Crippen molar-refractivity contribution in [2.45, 2.75) is 45.6 Å². The average molecular weight is 536 g/mol. The molecule has 0 radical (unpaired) electrons. The van der Waals surface area contributed by atoms with E-state index in [1.54, 1.807) is 56.1 Å². The Morgan fingerprint density at radius 3 is 2.76 bits per heavy atom. The van der Waals surface area contributed by atoms with Crippen molar-refractivity contribution in [1.29, 1.82) is 0 Å². The van der Waals surface area contributed by atoms with Crippen LogP contribution in [-0.2, 0) is 22.4 Å². The molecule has 4 rings (SSSR count). The summed E-state index contributed by atoms with van der Waals surface area (Å²) in [5.74, 6) is -1.08. The Morgan fingerprint density at radius 1 is 1.32 bits per heavy atom. The molecule has 3 aromatic rings. The molecule has 198 valence electrons. The first kappa shape index (κ1) is 27.1. The van der Waals surface area contributed by atoms with Crippen LogP contribution in [0.2, 0.25) is 0 Å². The Kier molecular flexibility index (Phi) is 8.28. The largest absolute Gasteiger partial charge is 0.325 e. The van der Waals surface area contributed by atoms with Crippen molar-refractivity contribution < 1.29 is 14.0 Å². The summed E-state index contributed by atoms with van der Waals surface area (Å²) < 4.78 is 17.1. The number of thiazole rings is 1. The second-order valence-corrected chi connectivity index (χ2v) is 9.70. The standard InChI is InChI=1S/C27H30FN7O2S/c1-5-8-15(14-30-4)23-17-10-11-20-25(38-27(32-20)33-22(36)7-3)24(17)35(34-23)21-12-9-16(13-18(21)28)31-26(37)19(29)6-2/h5,8-9,12-14,19H,1,6-7,10-11,29H2,2-4H3,(H,31,37)(H,32,33,36)/b15-8+,30-14?. The van der Waals surface area contributed by atoms with E-state index in [4.69, 9.17) is 10.8 Å². The van der Waals surface area contributed by atoms with E-state index in [1.165, 1.54) is 17.4 Å². The molecule has 2 heterocycles. The van der Waals surface area contributed by atoms with Gasteiger partial charge in [-0.25, -0.2) is 14.1 Å². The SMILES string of the molecule is C=C/C=C(\C=NC)c1nn(-c2ccc(NC(=O)C(N)CC)cc2F)c2c1CCc1nc(NC(=O)CC)sc1-2. The minimum Gasteiger partial charge on any atom is -0.325 e. The zero-order chi connectivity index (χ0) is 27.4. The maximum Gasteiger partial charge on any atom is 0.241 e. The molecule has 1 unspecified atom stereocenters. The Balaban J connectivity index is 1.86. The number of allylic oxidation sites excluding steroid dienone is 3. The number of carbonyl (C=O) groups is 2. The van der Waals surface area contributed by atoms with Gasteiger partial charge in [-0.3, -0.25) is 14.6 Å². The topological polar surface area (TPSA) is 127 Å². The van der Waals surface area contributed by atoms with Gasteiger partial charge in [-0.1, -0.05) is 43.9 Å². The van der Waals surface area contributed by atoms with Crippen molar-refractivity contribution in [1.82, 2.24) is 14.8 Å². The smallest absolute Gasteiger partial charge is 0.241 e. The van der Waals surface area contributed by atoms with Crippen molar-refractivity contribution in [2.75, 3.05) is 17.7 Å². The van der Waals surface area contributed by atoms with E-state index in [9.17, 15) is 9.59 Å². The molecule has 4 N–H and O–H groups in total. The van der Waals surface area contributed by atoms with E-state index in [0.29, 0.717) is 47.9 Å². The predicted octanol–water partition coefficient (Wildman–Crippen LogP) is 4.53. The van der Waals surface area contributed by atoms with E-state index in [0.717, 1.165) is 21.7 Å². The molecule has 0 saturated carbocycles. The second kappa shape index (κ2) is 11.6. The summed E-state index contributed by atoms with van der Waals surface area (Å²) >= 11 is 1.33. The van der Waals surface area contributed by atoms with Crippen LogP contribution in [0.1, 0.15) is 43.6 Å². The molecule has 0 fully saturated rings. The van der Waals surface area contributed by atoms with Crippen molar-refractivity contribution in [3.8, 4) is 16.3 Å². The lowest BCUT2D eigenvalue weighted by Gasteiger charge is -2.15. The molecule has 2 amide bonds. The highest BCUT2D eigenvalue weighted by molar-refractivity contribution is 7.19. The number of aliphatic imine (C=N–C) groups is 1. The fraction of sp³-hybridized carbons (Fsp3) is 0.296. The number of benzene rings is 1. The van der Waals surface area contributed by atoms with Gasteiger partial charge in [-0.05, 0) is 37.5 Å². The average Bonchev–Trinajstić information content (AvgIpc) is 3.49. The van der Waals surface area contributed by atoms with Gasteiger partial charge < -0.3 is 16.4 Å². The third kappa shape index (κ3) is 5.34. The highest BCUT2D eigenvalue weighted by Crippen LogP contribution is 2.43. The van der Waals surface area contributed by atoms with Crippen LogP contribution in [0.4, 0.5) is 15.2 Å². The summed E-state index contributed by atoms with van der Waals surface area (Å²) in [6.45, 7) is 7.38. The lowest BCUT2D eigenvalue weighted by molar-refractivity contribution is -0.117. The lowest BCUT2D eigenvalue weighted by atomic mass is 9.95. The maximum absolute atomic E-state index is 15.6. The summed E-state index contributed by atoms with van der Waals surface area (Å²) in [5, 5.41) is 10.8. The molecule has 0 aliphatic heterocycles. The normalized spacial score (nSPS) is 13.7. The van der Waals surface area contributed by atoms with Crippen LogP contribution in [0.5, 0.6) is 0 Å². The van der Waals surface area contributed by atoms with E-state index in [-0.39, 0.29) is 17.5 Å². The van der Waals surface area contributed by atoms with E-state index >= 15 is 4.39 Å². The predicted molar refractivity (Wildman–Crippen MR) is 150 cm³/mol. The minimum atomic E-state index is -0.680. The number of aromatic nitrogens is 3. The van der Waals surface area contributed by atoms with Crippen LogP contribution in [0, 0.1) is 5.82 Å². The Hall–Kier alpha value is -3.96. The molecule has 0 bridgehead atoms. The molecule has 38 heavy (non-hydrogen) atoms. The number of halogens is 1. The van der Waals surface area contributed by atoms with Gasteiger partial charge in [0.2, 0.25) is 11.8 Å². The molecular weight excluding hydrogens is 505 g/mol. The number of aryl methyl sites for hydroxylation is 1. The number of nitrogens with one attached hydrogen (secondary N) is 2. The van der Waals surface area contributed by atoms with Crippen molar-refractivity contribution >= 4 is 45.8 Å². The quantitative estimate of drug-likeness (QED) is 0.274. The molecule has 1 aromatic carbocycles. The number of anilines is 2. The number of nitrogens with zero attached hydrogens (tertiary/aromatic N) is 4. The van der Waals surface area contributed by atoms with Crippen molar-refractivity contribution in [3.63, 3.8) is 0 Å². The van der Waals surface area contributed by atoms with Crippen molar-refractivity contribution in [2.24, 2.45) is 10.7 Å². The summed E-state index contributed by atoms with van der Waals surface area (Å²) in [4.78, 5) is 33.8. The zero-order valence-electron chi connectivity index (χ0n) is 21.5. The first-order valence-corrected chi connectivity index (χ1v) is 13.2. The van der Waals surface area contributed by atoms with Gasteiger partial charge in [0.25, 0.3) is 0 Å². The number of rotatable bonds is 9. The van der Waals surface area contributed by atoms with Gasteiger partial charge in [0, 0.05) is 36.5 Å². The number of fused-ring (bicyclic) bond motifs is 3. The molecule has 1 aliphatic carbocycles. The molecular formula is C27H30FN7O2S. The third-order valence-electron chi connectivity index (χ3n) is 6.13. The van der Waals surface area contributed by atoms with E-state index < -0.39 is 11.9 Å².